The summed E-state index contributed by atoms with van der Waals surface area (Å²) in [6, 6.07) is 0.475. The van der Waals surface area contributed by atoms with E-state index in [1.165, 1.54) is 6.42 Å². The van der Waals surface area contributed by atoms with E-state index in [2.05, 4.69) is 36.4 Å². The molecule has 1 saturated heterocycles. The Morgan fingerprint density at radius 3 is 2.88 bits per heavy atom. The lowest BCUT2D eigenvalue weighted by Gasteiger charge is -2.35. The maximum atomic E-state index is 11.1. The molecule has 0 bridgehead atoms. The van der Waals surface area contributed by atoms with Crippen molar-refractivity contribution >= 4 is 22.8 Å². The molecule has 1 atom stereocenters. The SMILES string of the molecule is CNC(=O)CCN=C1NC(C(C)(C)C)CCS1. The normalized spacial score (nSPS) is 23.3. The third-order valence-corrected chi connectivity index (χ3v) is 3.82. The second-order valence-electron chi connectivity index (χ2n) is 5.31. The van der Waals surface area contributed by atoms with E-state index in [1.807, 2.05) is 0 Å². The average molecular weight is 257 g/mol. The number of carbonyl (C=O) groups excluding carboxylic acids is 1. The number of nitrogens with zero attached hydrogens (tertiary/aromatic N) is 1. The van der Waals surface area contributed by atoms with Crippen LogP contribution in [0.3, 0.4) is 0 Å². The number of hydrogen-bond donors (Lipinski definition) is 2. The minimum Gasteiger partial charge on any atom is -0.362 e. The van der Waals surface area contributed by atoms with E-state index in [-0.39, 0.29) is 11.3 Å². The zero-order valence-corrected chi connectivity index (χ0v) is 12.0. The molecule has 17 heavy (non-hydrogen) atoms. The van der Waals surface area contributed by atoms with E-state index in [4.69, 9.17) is 0 Å². The molecular formula is C12H23N3OS. The van der Waals surface area contributed by atoms with E-state index in [0.717, 1.165) is 10.9 Å². The van der Waals surface area contributed by atoms with Gasteiger partial charge in [0.25, 0.3) is 0 Å². The summed E-state index contributed by atoms with van der Waals surface area (Å²) >= 11 is 1.75. The number of hydrogen-bond acceptors (Lipinski definition) is 3. The monoisotopic (exact) mass is 257 g/mol. The number of carbonyl (C=O) groups is 1. The van der Waals surface area contributed by atoms with Crippen LogP contribution in [0.15, 0.2) is 4.99 Å². The van der Waals surface area contributed by atoms with Gasteiger partial charge in [-0.25, -0.2) is 0 Å². The molecule has 0 aromatic carbocycles. The van der Waals surface area contributed by atoms with E-state index >= 15 is 0 Å². The third kappa shape index (κ3) is 4.98. The second-order valence-corrected chi connectivity index (χ2v) is 6.39. The van der Waals surface area contributed by atoms with Gasteiger partial charge in [0.05, 0.1) is 6.54 Å². The maximum Gasteiger partial charge on any atom is 0.221 e. The Balaban J connectivity index is 2.44. The molecular weight excluding hydrogens is 234 g/mol. The lowest BCUT2D eigenvalue weighted by Crippen LogP contribution is -2.46. The van der Waals surface area contributed by atoms with Gasteiger partial charge in [0, 0.05) is 25.3 Å². The van der Waals surface area contributed by atoms with Crippen molar-refractivity contribution in [1.29, 1.82) is 0 Å². The summed E-state index contributed by atoms with van der Waals surface area (Å²) in [5.41, 5.74) is 0.253. The van der Waals surface area contributed by atoms with Gasteiger partial charge in [-0.2, -0.15) is 0 Å². The van der Waals surface area contributed by atoms with Gasteiger partial charge >= 0.3 is 0 Å². The van der Waals surface area contributed by atoms with Crippen LogP contribution in [0.4, 0.5) is 0 Å². The highest BCUT2D eigenvalue weighted by molar-refractivity contribution is 8.13. The average Bonchev–Trinajstić information content (AvgIpc) is 2.28. The fourth-order valence-electron chi connectivity index (χ4n) is 1.66. The van der Waals surface area contributed by atoms with Crippen molar-refractivity contribution in [2.75, 3.05) is 19.3 Å². The summed E-state index contributed by atoms with van der Waals surface area (Å²) in [7, 11) is 1.65. The number of amides is 1. The second kappa shape index (κ2) is 6.28. The van der Waals surface area contributed by atoms with Crippen molar-refractivity contribution in [2.45, 2.75) is 39.7 Å². The van der Waals surface area contributed by atoms with Crippen LogP contribution in [-0.2, 0) is 4.79 Å². The van der Waals surface area contributed by atoms with Crippen molar-refractivity contribution in [3.05, 3.63) is 0 Å². The summed E-state index contributed by atoms with van der Waals surface area (Å²) in [6.45, 7) is 7.28. The highest BCUT2D eigenvalue weighted by Crippen LogP contribution is 2.27. The molecule has 1 rings (SSSR count). The van der Waals surface area contributed by atoms with Crippen LogP contribution in [0.5, 0.6) is 0 Å². The smallest absolute Gasteiger partial charge is 0.221 e. The predicted octanol–water partition coefficient (Wildman–Crippen LogP) is 1.62. The van der Waals surface area contributed by atoms with E-state index < -0.39 is 0 Å². The molecule has 0 aliphatic carbocycles. The Morgan fingerprint density at radius 2 is 2.29 bits per heavy atom. The summed E-state index contributed by atoms with van der Waals surface area (Å²) < 4.78 is 0. The van der Waals surface area contributed by atoms with Crippen molar-refractivity contribution in [3.8, 4) is 0 Å². The highest BCUT2D eigenvalue weighted by atomic mass is 32.2. The minimum absolute atomic E-state index is 0.0440. The number of amidine groups is 1. The molecule has 0 radical (unpaired) electrons. The van der Waals surface area contributed by atoms with Gasteiger partial charge in [0.15, 0.2) is 5.17 Å². The zero-order chi connectivity index (χ0) is 12.9. The Hall–Kier alpha value is -0.710. The van der Waals surface area contributed by atoms with Crippen LogP contribution < -0.4 is 10.6 Å². The highest BCUT2D eigenvalue weighted by Gasteiger charge is 2.28. The molecule has 2 N–H and O–H groups in total. The molecule has 1 amide bonds. The standard InChI is InChI=1S/C12H23N3OS/c1-12(2,3)9-6-8-17-11(15-9)14-7-5-10(16)13-4/h9H,5-8H2,1-4H3,(H,13,16)(H,14,15). The van der Waals surface area contributed by atoms with Gasteiger partial charge in [-0.05, 0) is 11.8 Å². The Kier molecular flexibility index (Phi) is 5.31. The number of aliphatic imine (C=N–C) groups is 1. The molecule has 0 aromatic heterocycles. The topological polar surface area (TPSA) is 53.5 Å². The van der Waals surface area contributed by atoms with Gasteiger partial charge in [-0.15, -0.1) is 0 Å². The van der Waals surface area contributed by atoms with Crippen molar-refractivity contribution < 1.29 is 4.79 Å². The van der Waals surface area contributed by atoms with Crippen molar-refractivity contribution in [1.82, 2.24) is 10.6 Å². The molecule has 1 aliphatic heterocycles. The molecule has 1 unspecified atom stereocenters. The van der Waals surface area contributed by atoms with Crippen LogP contribution in [0.1, 0.15) is 33.6 Å². The minimum atomic E-state index is 0.0440. The molecule has 0 aromatic rings. The molecule has 1 heterocycles. The first-order chi connectivity index (χ1) is 7.93. The lowest BCUT2D eigenvalue weighted by molar-refractivity contribution is -0.120. The largest absolute Gasteiger partial charge is 0.362 e. The van der Waals surface area contributed by atoms with Crippen molar-refractivity contribution in [2.24, 2.45) is 10.4 Å². The van der Waals surface area contributed by atoms with E-state index in [1.54, 1.807) is 18.8 Å². The summed E-state index contributed by atoms with van der Waals surface area (Å²) in [5, 5.41) is 7.05. The zero-order valence-electron chi connectivity index (χ0n) is 11.2. The quantitative estimate of drug-likeness (QED) is 0.808. The van der Waals surface area contributed by atoms with Crippen LogP contribution in [0.25, 0.3) is 0 Å². The van der Waals surface area contributed by atoms with E-state index in [0.29, 0.717) is 19.0 Å². The predicted molar refractivity (Wildman–Crippen MR) is 74.4 cm³/mol. The number of thioether (sulfide) groups is 1. The van der Waals surface area contributed by atoms with Crippen LogP contribution in [0.2, 0.25) is 0 Å². The summed E-state index contributed by atoms with van der Waals surface area (Å²) in [5.74, 6) is 1.15. The first-order valence-corrected chi connectivity index (χ1v) is 7.06. The Morgan fingerprint density at radius 1 is 1.59 bits per heavy atom. The third-order valence-electron chi connectivity index (χ3n) is 2.86. The van der Waals surface area contributed by atoms with Gasteiger partial charge in [-0.3, -0.25) is 9.79 Å². The fourth-order valence-corrected chi connectivity index (χ4v) is 2.62. The van der Waals surface area contributed by atoms with Crippen LogP contribution in [0, 0.1) is 5.41 Å². The van der Waals surface area contributed by atoms with Gasteiger partial charge in [0.1, 0.15) is 0 Å². The Labute approximate surface area is 108 Å². The molecule has 4 nitrogen and oxygen atoms in total. The molecule has 0 saturated carbocycles. The number of rotatable bonds is 3. The van der Waals surface area contributed by atoms with E-state index in [9.17, 15) is 4.79 Å². The first kappa shape index (κ1) is 14.4. The Bertz CT molecular complexity index is 297. The molecule has 1 fully saturated rings. The number of nitrogens with one attached hydrogen (secondary N) is 2. The molecule has 5 heteroatoms. The van der Waals surface area contributed by atoms with Gasteiger partial charge in [0.2, 0.25) is 5.91 Å². The first-order valence-electron chi connectivity index (χ1n) is 6.08. The summed E-state index contributed by atoms with van der Waals surface area (Å²) in [6.07, 6.45) is 1.63. The molecule has 98 valence electrons. The fraction of sp³-hybridized carbons (Fsp3) is 0.833. The summed E-state index contributed by atoms with van der Waals surface area (Å²) in [4.78, 5) is 15.5. The maximum absolute atomic E-state index is 11.1. The lowest BCUT2D eigenvalue weighted by atomic mass is 9.85. The van der Waals surface area contributed by atoms with Crippen LogP contribution >= 0.6 is 11.8 Å². The van der Waals surface area contributed by atoms with Crippen molar-refractivity contribution in [3.63, 3.8) is 0 Å². The van der Waals surface area contributed by atoms with Gasteiger partial charge in [-0.1, -0.05) is 32.5 Å². The van der Waals surface area contributed by atoms with Crippen LogP contribution in [-0.4, -0.2) is 36.5 Å². The molecule has 1 aliphatic rings. The molecule has 0 spiro atoms. The van der Waals surface area contributed by atoms with Gasteiger partial charge < -0.3 is 10.6 Å².